The van der Waals surface area contributed by atoms with Crippen molar-refractivity contribution in [2.24, 2.45) is 0 Å². The zero-order valence-electron chi connectivity index (χ0n) is 16.9. The minimum Gasteiger partial charge on any atom is -0.351 e. The smallest absolute Gasteiger partial charge is 0.242 e. The molecule has 29 heavy (non-hydrogen) atoms. The second-order valence-electron chi connectivity index (χ2n) is 7.45. The van der Waals surface area contributed by atoms with Gasteiger partial charge in [0.05, 0.1) is 17.0 Å². The van der Waals surface area contributed by atoms with Gasteiger partial charge in [0, 0.05) is 27.6 Å². The number of amides is 1. The molecular formula is C19H27N5O4S. The van der Waals surface area contributed by atoms with Crippen molar-refractivity contribution < 1.29 is 17.7 Å². The maximum Gasteiger partial charge on any atom is 0.242 e. The first-order valence-electron chi connectivity index (χ1n) is 9.57. The first-order chi connectivity index (χ1) is 13.7. The molecule has 1 saturated carbocycles. The van der Waals surface area contributed by atoms with Crippen LogP contribution in [0.5, 0.6) is 0 Å². The lowest BCUT2D eigenvalue weighted by atomic mass is 9.96. The summed E-state index contributed by atoms with van der Waals surface area (Å²) in [7, 11) is -0.622. The van der Waals surface area contributed by atoms with Gasteiger partial charge in [0.25, 0.3) is 0 Å². The van der Waals surface area contributed by atoms with E-state index in [4.69, 9.17) is 4.52 Å². The summed E-state index contributed by atoms with van der Waals surface area (Å²) in [6.45, 7) is 1.94. The Morgan fingerprint density at radius 2 is 1.93 bits per heavy atom. The molecule has 1 aliphatic carbocycles. The van der Waals surface area contributed by atoms with E-state index in [9.17, 15) is 13.2 Å². The standard InChI is InChI=1S/C19H27N5O4S/c1-14-22-18(23-28-14)19(10-6-7-11-19)21-13-17(25)20-12-15-8-4-5-9-16(15)29(26,27)24(2)3/h4-5,8-9,21H,6-7,10-13H2,1-3H3,(H,20,25). The molecule has 0 spiro atoms. The summed E-state index contributed by atoms with van der Waals surface area (Å²) >= 11 is 0. The van der Waals surface area contributed by atoms with Gasteiger partial charge in [0.2, 0.25) is 21.8 Å². The van der Waals surface area contributed by atoms with Crippen LogP contribution < -0.4 is 10.6 Å². The molecule has 0 unspecified atom stereocenters. The SMILES string of the molecule is Cc1nc(C2(NCC(=O)NCc3ccccc3S(=O)(=O)N(C)C)CCCC2)no1. The predicted molar refractivity (Wildman–Crippen MR) is 106 cm³/mol. The van der Waals surface area contributed by atoms with E-state index < -0.39 is 15.6 Å². The Morgan fingerprint density at radius 1 is 1.24 bits per heavy atom. The highest BCUT2D eigenvalue weighted by molar-refractivity contribution is 7.89. The summed E-state index contributed by atoms with van der Waals surface area (Å²) in [6.07, 6.45) is 3.72. The van der Waals surface area contributed by atoms with Crippen molar-refractivity contribution in [1.29, 1.82) is 0 Å². The van der Waals surface area contributed by atoms with Gasteiger partial charge in [0.15, 0.2) is 5.82 Å². The minimum atomic E-state index is -3.58. The first kappa shape index (κ1) is 21.4. The summed E-state index contributed by atoms with van der Waals surface area (Å²) in [5.41, 5.74) is 0.0836. The molecule has 1 fully saturated rings. The summed E-state index contributed by atoms with van der Waals surface area (Å²) in [6, 6.07) is 6.66. The Balaban J connectivity index is 1.64. The van der Waals surface area contributed by atoms with Crippen LogP contribution in [0, 0.1) is 6.92 Å². The number of benzene rings is 1. The topological polar surface area (TPSA) is 117 Å². The summed E-state index contributed by atoms with van der Waals surface area (Å²) in [5.74, 6) is 0.854. The van der Waals surface area contributed by atoms with Crippen LogP contribution in [0.2, 0.25) is 0 Å². The molecular weight excluding hydrogens is 394 g/mol. The van der Waals surface area contributed by atoms with Crippen LogP contribution in [0.15, 0.2) is 33.7 Å². The zero-order valence-corrected chi connectivity index (χ0v) is 17.8. The van der Waals surface area contributed by atoms with E-state index in [1.54, 1.807) is 31.2 Å². The predicted octanol–water partition coefficient (Wildman–Crippen LogP) is 1.30. The number of nitrogens with one attached hydrogen (secondary N) is 2. The van der Waals surface area contributed by atoms with E-state index in [-0.39, 0.29) is 23.9 Å². The van der Waals surface area contributed by atoms with E-state index in [0.29, 0.717) is 17.3 Å². The Hall–Kier alpha value is -2.30. The van der Waals surface area contributed by atoms with Crippen LogP contribution in [0.3, 0.4) is 0 Å². The first-order valence-corrected chi connectivity index (χ1v) is 11.0. The van der Waals surface area contributed by atoms with Crippen molar-refractivity contribution in [3.05, 3.63) is 41.5 Å². The number of aryl methyl sites for hydroxylation is 1. The van der Waals surface area contributed by atoms with E-state index >= 15 is 0 Å². The van der Waals surface area contributed by atoms with Crippen LogP contribution >= 0.6 is 0 Å². The number of carbonyl (C=O) groups is 1. The van der Waals surface area contributed by atoms with Crippen LogP contribution in [0.25, 0.3) is 0 Å². The highest BCUT2D eigenvalue weighted by Gasteiger charge is 2.39. The number of hydrogen-bond acceptors (Lipinski definition) is 7. The number of hydrogen-bond donors (Lipinski definition) is 2. The Bertz CT molecular complexity index is 964. The van der Waals surface area contributed by atoms with Gasteiger partial charge in [-0.15, -0.1) is 0 Å². The molecule has 0 bridgehead atoms. The molecule has 1 amide bonds. The second kappa shape index (κ2) is 8.60. The third-order valence-electron chi connectivity index (χ3n) is 5.21. The highest BCUT2D eigenvalue weighted by atomic mass is 32.2. The molecule has 3 rings (SSSR count). The fraction of sp³-hybridized carbons (Fsp3) is 0.526. The van der Waals surface area contributed by atoms with Gasteiger partial charge >= 0.3 is 0 Å². The molecule has 2 aromatic rings. The maximum atomic E-state index is 12.5. The van der Waals surface area contributed by atoms with Gasteiger partial charge in [-0.25, -0.2) is 12.7 Å². The van der Waals surface area contributed by atoms with E-state index in [0.717, 1.165) is 30.0 Å². The Morgan fingerprint density at radius 3 is 2.55 bits per heavy atom. The largest absolute Gasteiger partial charge is 0.351 e. The zero-order chi connectivity index (χ0) is 21.1. The highest BCUT2D eigenvalue weighted by Crippen LogP contribution is 2.37. The second-order valence-corrected chi connectivity index (χ2v) is 9.57. The van der Waals surface area contributed by atoms with Crippen LogP contribution in [0.4, 0.5) is 0 Å². The molecule has 1 aromatic heterocycles. The van der Waals surface area contributed by atoms with Crippen molar-refractivity contribution in [3.8, 4) is 0 Å². The molecule has 0 aliphatic heterocycles. The van der Waals surface area contributed by atoms with Crippen LogP contribution in [-0.4, -0.2) is 49.4 Å². The molecule has 0 radical (unpaired) electrons. The van der Waals surface area contributed by atoms with E-state index in [1.807, 2.05) is 0 Å². The van der Waals surface area contributed by atoms with Crippen molar-refractivity contribution >= 4 is 15.9 Å². The van der Waals surface area contributed by atoms with Crippen LogP contribution in [-0.2, 0) is 26.9 Å². The molecule has 1 aliphatic rings. The molecule has 9 nitrogen and oxygen atoms in total. The van der Waals surface area contributed by atoms with Gasteiger partial charge in [-0.05, 0) is 24.5 Å². The molecule has 1 heterocycles. The van der Waals surface area contributed by atoms with Crippen molar-refractivity contribution in [2.75, 3.05) is 20.6 Å². The maximum absolute atomic E-state index is 12.5. The summed E-state index contributed by atoms with van der Waals surface area (Å²) in [5, 5.41) is 10.1. The Kier molecular flexibility index (Phi) is 6.35. The quantitative estimate of drug-likeness (QED) is 0.660. The average molecular weight is 422 g/mol. The van der Waals surface area contributed by atoms with Gasteiger partial charge in [0.1, 0.15) is 0 Å². The fourth-order valence-electron chi connectivity index (χ4n) is 3.56. The molecule has 10 heteroatoms. The number of carbonyl (C=O) groups excluding carboxylic acids is 1. The third-order valence-corrected chi connectivity index (χ3v) is 7.12. The van der Waals surface area contributed by atoms with Gasteiger partial charge in [-0.3, -0.25) is 10.1 Å². The molecule has 2 N–H and O–H groups in total. The summed E-state index contributed by atoms with van der Waals surface area (Å²) < 4.78 is 31.2. The number of aromatic nitrogens is 2. The van der Waals surface area contributed by atoms with E-state index in [1.165, 1.54) is 14.1 Å². The van der Waals surface area contributed by atoms with Gasteiger partial charge in [-0.1, -0.05) is 36.2 Å². The van der Waals surface area contributed by atoms with Crippen molar-refractivity contribution in [2.45, 2.75) is 49.6 Å². The molecule has 158 valence electrons. The van der Waals surface area contributed by atoms with Gasteiger partial charge in [-0.2, -0.15) is 4.98 Å². The van der Waals surface area contributed by atoms with Gasteiger partial charge < -0.3 is 9.84 Å². The monoisotopic (exact) mass is 421 g/mol. The average Bonchev–Trinajstić information content (AvgIpc) is 3.34. The van der Waals surface area contributed by atoms with E-state index in [2.05, 4.69) is 20.8 Å². The number of sulfonamides is 1. The molecule has 1 aromatic carbocycles. The van der Waals surface area contributed by atoms with Crippen LogP contribution in [0.1, 0.15) is 43.0 Å². The summed E-state index contributed by atoms with van der Waals surface area (Å²) in [4.78, 5) is 17.0. The number of rotatable bonds is 8. The Labute approximate surface area is 170 Å². The lowest BCUT2D eigenvalue weighted by molar-refractivity contribution is -0.120. The lowest BCUT2D eigenvalue weighted by Crippen LogP contribution is -2.46. The molecule has 0 saturated heterocycles. The fourth-order valence-corrected chi connectivity index (χ4v) is 4.67. The minimum absolute atomic E-state index is 0.0795. The molecule has 0 atom stereocenters. The number of nitrogens with zero attached hydrogens (tertiary/aromatic N) is 3. The normalized spacial score (nSPS) is 16.3. The van der Waals surface area contributed by atoms with Crippen molar-refractivity contribution in [1.82, 2.24) is 25.1 Å². The third kappa shape index (κ3) is 4.65. The van der Waals surface area contributed by atoms with Crippen molar-refractivity contribution in [3.63, 3.8) is 0 Å². The lowest BCUT2D eigenvalue weighted by Gasteiger charge is -2.26.